The summed E-state index contributed by atoms with van der Waals surface area (Å²) in [4.78, 5) is 6.74. The summed E-state index contributed by atoms with van der Waals surface area (Å²) in [5.41, 5.74) is 4.34. The maximum absolute atomic E-state index is 4.72. The Kier molecular flexibility index (Phi) is 3.86. The van der Waals surface area contributed by atoms with E-state index in [9.17, 15) is 0 Å². The highest BCUT2D eigenvalue weighted by molar-refractivity contribution is 5.73. The second-order valence-electron chi connectivity index (χ2n) is 7.37. The highest BCUT2D eigenvalue weighted by Crippen LogP contribution is 2.29. The van der Waals surface area contributed by atoms with Crippen LogP contribution in [0.4, 0.5) is 11.5 Å². The fourth-order valence-corrected chi connectivity index (χ4v) is 4.00. The predicted molar refractivity (Wildman–Crippen MR) is 99.7 cm³/mol. The summed E-state index contributed by atoms with van der Waals surface area (Å²) in [7, 11) is 2.14. The first-order chi connectivity index (χ1) is 12.8. The van der Waals surface area contributed by atoms with Crippen LogP contribution in [0.15, 0.2) is 24.7 Å². The van der Waals surface area contributed by atoms with Gasteiger partial charge in [-0.3, -0.25) is 9.58 Å². The molecule has 3 aromatic heterocycles. The molecule has 5 rings (SSSR count). The first-order valence-corrected chi connectivity index (χ1v) is 9.32. The molecule has 0 unspecified atom stereocenters. The maximum Gasteiger partial charge on any atom is 0.178 e. The zero-order valence-electron chi connectivity index (χ0n) is 15.0. The van der Waals surface area contributed by atoms with Crippen molar-refractivity contribution in [2.24, 2.45) is 0 Å². The van der Waals surface area contributed by atoms with Crippen LogP contribution in [0.25, 0.3) is 5.65 Å². The number of rotatable bonds is 3. The van der Waals surface area contributed by atoms with Crippen molar-refractivity contribution >= 4 is 17.2 Å². The van der Waals surface area contributed by atoms with E-state index >= 15 is 0 Å². The van der Waals surface area contributed by atoms with E-state index in [0.29, 0.717) is 5.92 Å². The lowest BCUT2D eigenvalue weighted by molar-refractivity contribution is 0.259. The predicted octanol–water partition coefficient (Wildman–Crippen LogP) is 1.58. The van der Waals surface area contributed by atoms with E-state index in [0.717, 1.165) is 49.9 Å². The normalized spacial score (nSPS) is 21.0. The third-order valence-corrected chi connectivity index (χ3v) is 5.42. The van der Waals surface area contributed by atoms with Gasteiger partial charge in [0, 0.05) is 31.9 Å². The molecule has 1 saturated heterocycles. The molecule has 136 valence electrons. The second-order valence-corrected chi connectivity index (χ2v) is 7.37. The van der Waals surface area contributed by atoms with Crippen LogP contribution in [-0.2, 0) is 13.1 Å². The van der Waals surface area contributed by atoms with E-state index in [1.165, 1.54) is 24.1 Å². The van der Waals surface area contributed by atoms with Crippen LogP contribution in [0.2, 0.25) is 0 Å². The minimum Gasteiger partial charge on any atom is -0.336 e. The molecule has 3 aromatic rings. The lowest BCUT2D eigenvalue weighted by atomic mass is 9.92. The number of hydrogen-bond donors (Lipinski definition) is 2. The van der Waals surface area contributed by atoms with Crippen molar-refractivity contribution < 1.29 is 0 Å². The van der Waals surface area contributed by atoms with E-state index in [1.54, 1.807) is 6.33 Å². The number of nitrogens with zero attached hydrogens (tertiary/aromatic N) is 6. The van der Waals surface area contributed by atoms with Gasteiger partial charge < -0.3 is 10.6 Å². The molecule has 8 nitrogen and oxygen atoms in total. The Morgan fingerprint density at radius 2 is 2.23 bits per heavy atom. The third kappa shape index (κ3) is 2.85. The number of nitrogens with one attached hydrogen (secondary N) is 2. The molecule has 2 N–H and O–H groups in total. The summed E-state index contributed by atoms with van der Waals surface area (Å²) in [5, 5.41) is 16.1. The summed E-state index contributed by atoms with van der Waals surface area (Å²) in [6, 6.07) is 4.35. The summed E-state index contributed by atoms with van der Waals surface area (Å²) >= 11 is 0. The Hall–Kier alpha value is -2.45. The van der Waals surface area contributed by atoms with E-state index < -0.39 is 0 Å². The van der Waals surface area contributed by atoms with Crippen LogP contribution >= 0.6 is 0 Å². The number of fused-ring (bicyclic) bond motifs is 2. The Bertz CT molecular complexity index is 921. The third-order valence-electron chi connectivity index (χ3n) is 5.42. The van der Waals surface area contributed by atoms with Gasteiger partial charge in [-0.25, -0.2) is 9.50 Å². The zero-order valence-corrected chi connectivity index (χ0v) is 15.0. The molecule has 0 radical (unpaired) electrons. The summed E-state index contributed by atoms with van der Waals surface area (Å²) < 4.78 is 3.97. The molecule has 0 aliphatic carbocycles. The molecule has 0 spiro atoms. The molecule has 8 heteroatoms. The fraction of sp³-hybridized carbons (Fsp3) is 0.500. The number of likely N-dealkylation sites (N-methyl/N-ethyl adjacent to an activating group) is 1. The van der Waals surface area contributed by atoms with Crippen LogP contribution in [-0.4, -0.2) is 56.0 Å². The molecule has 2 aliphatic heterocycles. The lowest BCUT2D eigenvalue weighted by Crippen LogP contribution is -2.30. The number of pyridine rings is 1. The van der Waals surface area contributed by atoms with Crippen LogP contribution < -0.4 is 10.6 Å². The van der Waals surface area contributed by atoms with Crippen molar-refractivity contribution in [2.45, 2.75) is 31.8 Å². The molecule has 0 aromatic carbocycles. The van der Waals surface area contributed by atoms with Gasteiger partial charge in [0.25, 0.3) is 0 Å². The molecular weight excluding hydrogens is 328 g/mol. The van der Waals surface area contributed by atoms with Crippen molar-refractivity contribution in [3.05, 3.63) is 35.9 Å². The average Bonchev–Trinajstić information content (AvgIpc) is 3.28. The fourth-order valence-electron chi connectivity index (χ4n) is 4.00. The average molecular weight is 352 g/mol. The number of piperidine rings is 1. The monoisotopic (exact) mass is 352 g/mol. The van der Waals surface area contributed by atoms with E-state index in [4.69, 9.17) is 5.10 Å². The molecule has 0 saturated carbocycles. The quantitative estimate of drug-likeness (QED) is 0.745. The molecule has 2 aliphatic rings. The highest BCUT2D eigenvalue weighted by Gasteiger charge is 2.19. The van der Waals surface area contributed by atoms with Gasteiger partial charge in [-0.15, -0.1) is 0 Å². The summed E-state index contributed by atoms with van der Waals surface area (Å²) in [5.74, 6) is 1.39. The minimum atomic E-state index is 0.516. The van der Waals surface area contributed by atoms with Crippen molar-refractivity contribution in [2.75, 3.05) is 32.0 Å². The zero-order chi connectivity index (χ0) is 17.5. The van der Waals surface area contributed by atoms with Gasteiger partial charge in [-0.1, -0.05) is 0 Å². The highest BCUT2D eigenvalue weighted by atomic mass is 15.4. The largest absolute Gasteiger partial charge is 0.336 e. The lowest BCUT2D eigenvalue weighted by Gasteiger charge is -2.23. The van der Waals surface area contributed by atoms with Gasteiger partial charge in [0.1, 0.15) is 6.33 Å². The van der Waals surface area contributed by atoms with Crippen LogP contribution in [0.3, 0.4) is 0 Å². The smallest absolute Gasteiger partial charge is 0.178 e. The summed E-state index contributed by atoms with van der Waals surface area (Å²) in [6.07, 6.45) is 6.14. The standard InChI is InChI=1S/C18H24N8/c1-24-5-6-25-15(11-24)8-17(23-25)22-16-7-14(13-3-2-4-19-9-13)10-26-18(16)20-12-21-26/h7-8,10,12-13,19H,2-6,9,11H2,1H3,(H,22,23)/t13-/m1/s1. The van der Waals surface area contributed by atoms with Gasteiger partial charge in [-0.05, 0) is 44.0 Å². The molecule has 0 amide bonds. The summed E-state index contributed by atoms with van der Waals surface area (Å²) in [6.45, 7) is 5.03. The molecule has 26 heavy (non-hydrogen) atoms. The second kappa shape index (κ2) is 6.37. The van der Waals surface area contributed by atoms with Crippen LogP contribution in [0, 0.1) is 0 Å². The van der Waals surface area contributed by atoms with Crippen LogP contribution in [0.1, 0.15) is 30.0 Å². The van der Waals surface area contributed by atoms with Gasteiger partial charge in [0.15, 0.2) is 11.5 Å². The maximum atomic E-state index is 4.72. The van der Waals surface area contributed by atoms with Gasteiger partial charge in [0.2, 0.25) is 0 Å². The molecule has 5 heterocycles. The molecule has 1 fully saturated rings. The Balaban J connectivity index is 1.49. The Morgan fingerprint density at radius 1 is 1.27 bits per heavy atom. The number of aromatic nitrogens is 5. The van der Waals surface area contributed by atoms with Crippen molar-refractivity contribution in [1.29, 1.82) is 0 Å². The van der Waals surface area contributed by atoms with E-state index in [2.05, 4.69) is 55.7 Å². The van der Waals surface area contributed by atoms with Crippen molar-refractivity contribution in [3.63, 3.8) is 0 Å². The SMILES string of the molecule is CN1CCn2nc(Nc3cc([C@@H]4CCCNC4)cn4ncnc34)cc2C1. The topological polar surface area (TPSA) is 75.3 Å². The Labute approximate surface area is 152 Å². The number of anilines is 2. The number of hydrogen-bond acceptors (Lipinski definition) is 6. The molecule has 0 bridgehead atoms. The molecule has 1 atom stereocenters. The first-order valence-electron chi connectivity index (χ1n) is 9.32. The van der Waals surface area contributed by atoms with E-state index in [-0.39, 0.29) is 0 Å². The van der Waals surface area contributed by atoms with Crippen molar-refractivity contribution in [1.82, 2.24) is 34.6 Å². The molecular formula is C18H24N8. The van der Waals surface area contributed by atoms with Gasteiger partial charge in [0.05, 0.1) is 17.9 Å². The minimum absolute atomic E-state index is 0.516. The Morgan fingerprint density at radius 3 is 3.12 bits per heavy atom. The van der Waals surface area contributed by atoms with Crippen molar-refractivity contribution in [3.8, 4) is 0 Å². The van der Waals surface area contributed by atoms with E-state index in [1.807, 2.05) is 4.52 Å². The van der Waals surface area contributed by atoms with Gasteiger partial charge in [-0.2, -0.15) is 10.2 Å². The first kappa shape index (κ1) is 15.8. The van der Waals surface area contributed by atoms with Gasteiger partial charge >= 0.3 is 0 Å². The van der Waals surface area contributed by atoms with Crippen LogP contribution in [0.5, 0.6) is 0 Å².